The Morgan fingerprint density at radius 2 is 1.78 bits per heavy atom. The fourth-order valence-electron chi connectivity index (χ4n) is 1.79. The number of benzene rings is 1. The lowest BCUT2D eigenvalue weighted by atomic mass is 9.87. The van der Waals surface area contributed by atoms with E-state index < -0.39 is 0 Å². The minimum Gasteiger partial charge on any atom is -0.364 e. The maximum Gasteiger partial charge on any atom is 0.124 e. The van der Waals surface area contributed by atoms with Gasteiger partial charge in [-0.1, -0.05) is 50.2 Å². The minimum atomic E-state index is 0.215. The monoisotopic (exact) mass is 244 g/mol. The van der Waals surface area contributed by atoms with Gasteiger partial charge in [0.05, 0.1) is 5.69 Å². The third kappa shape index (κ3) is 3.44. The normalized spacial score (nSPS) is 11.7. The van der Waals surface area contributed by atoms with E-state index in [4.69, 9.17) is 4.52 Å². The van der Waals surface area contributed by atoms with E-state index in [0.29, 0.717) is 0 Å². The molecule has 0 aliphatic rings. The SMILES string of the molecule is CC(C)(C)c1ccc(CNCc2ccon2)cc1. The second kappa shape index (κ2) is 5.36. The predicted octanol–water partition coefficient (Wildman–Crippen LogP) is 3.26. The molecular formula is C15H20N2O. The molecule has 1 aromatic carbocycles. The number of nitrogens with one attached hydrogen (secondary N) is 1. The van der Waals surface area contributed by atoms with Crippen molar-refractivity contribution in [3.63, 3.8) is 0 Å². The average molecular weight is 244 g/mol. The van der Waals surface area contributed by atoms with Gasteiger partial charge < -0.3 is 9.84 Å². The van der Waals surface area contributed by atoms with E-state index in [1.807, 2.05) is 6.07 Å². The molecule has 0 saturated carbocycles. The van der Waals surface area contributed by atoms with Gasteiger partial charge in [0.1, 0.15) is 6.26 Å². The maximum absolute atomic E-state index is 4.78. The lowest BCUT2D eigenvalue weighted by Gasteiger charge is -2.19. The Morgan fingerprint density at radius 1 is 1.06 bits per heavy atom. The van der Waals surface area contributed by atoms with Crippen molar-refractivity contribution < 1.29 is 4.52 Å². The molecule has 0 bridgehead atoms. The zero-order valence-corrected chi connectivity index (χ0v) is 11.2. The van der Waals surface area contributed by atoms with Gasteiger partial charge in [-0.15, -0.1) is 0 Å². The Bertz CT molecular complexity index is 466. The van der Waals surface area contributed by atoms with Gasteiger partial charge in [-0.2, -0.15) is 0 Å². The second-order valence-electron chi connectivity index (χ2n) is 5.54. The van der Waals surface area contributed by atoms with Crippen LogP contribution in [0.25, 0.3) is 0 Å². The summed E-state index contributed by atoms with van der Waals surface area (Å²) in [6.45, 7) is 8.26. The van der Waals surface area contributed by atoms with E-state index in [-0.39, 0.29) is 5.41 Å². The van der Waals surface area contributed by atoms with Crippen LogP contribution >= 0.6 is 0 Å². The van der Waals surface area contributed by atoms with Crippen molar-refractivity contribution >= 4 is 0 Å². The molecule has 1 heterocycles. The minimum absolute atomic E-state index is 0.215. The molecule has 0 atom stereocenters. The first-order chi connectivity index (χ1) is 8.55. The van der Waals surface area contributed by atoms with Gasteiger partial charge in [-0.25, -0.2) is 0 Å². The first-order valence-corrected chi connectivity index (χ1v) is 6.25. The molecule has 0 unspecified atom stereocenters. The number of aromatic nitrogens is 1. The molecular weight excluding hydrogens is 224 g/mol. The summed E-state index contributed by atoms with van der Waals surface area (Å²) >= 11 is 0. The van der Waals surface area contributed by atoms with Crippen LogP contribution in [-0.4, -0.2) is 5.16 Å². The van der Waals surface area contributed by atoms with E-state index in [0.717, 1.165) is 18.8 Å². The lowest BCUT2D eigenvalue weighted by molar-refractivity contribution is 0.408. The quantitative estimate of drug-likeness (QED) is 0.897. The Labute approximate surface area is 108 Å². The number of nitrogens with zero attached hydrogens (tertiary/aromatic N) is 1. The molecule has 96 valence electrons. The van der Waals surface area contributed by atoms with Crippen molar-refractivity contribution in [1.29, 1.82) is 0 Å². The fourth-order valence-corrected chi connectivity index (χ4v) is 1.79. The van der Waals surface area contributed by atoms with E-state index in [2.05, 4.69) is 55.5 Å². The van der Waals surface area contributed by atoms with E-state index in [9.17, 15) is 0 Å². The molecule has 18 heavy (non-hydrogen) atoms. The third-order valence-electron chi connectivity index (χ3n) is 2.95. The molecule has 2 aromatic rings. The maximum atomic E-state index is 4.78. The van der Waals surface area contributed by atoms with Gasteiger partial charge in [-0.05, 0) is 16.5 Å². The van der Waals surface area contributed by atoms with Gasteiger partial charge in [0, 0.05) is 19.2 Å². The predicted molar refractivity (Wildman–Crippen MR) is 72.2 cm³/mol. The highest BCUT2D eigenvalue weighted by molar-refractivity contribution is 5.27. The van der Waals surface area contributed by atoms with Crippen LogP contribution in [0.4, 0.5) is 0 Å². The Kier molecular flexibility index (Phi) is 3.82. The molecule has 1 N–H and O–H groups in total. The number of hydrogen-bond acceptors (Lipinski definition) is 3. The average Bonchev–Trinajstić information content (AvgIpc) is 2.82. The van der Waals surface area contributed by atoms with Gasteiger partial charge in [0.15, 0.2) is 0 Å². The first kappa shape index (κ1) is 12.8. The smallest absolute Gasteiger partial charge is 0.124 e. The van der Waals surface area contributed by atoms with E-state index >= 15 is 0 Å². The van der Waals surface area contributed by atoms with Gasteiger partial charge in [0.25, 0.3) is 0 Å². The van der Waals surface area contributed by atoms with Crippen LogP contribution in [0.15, 0.2) is 41.1 Å². The Morgan fingerprint density at radius 3 is 2.33 bits per heavy atom. The summed E-state index contributed by atoms with van der Waals surface area (Å²) in [6.07, 6.45) is 1.59. The lowest BCUT2D eigenvalue weighted by Crippen LogP contribution is -2.14. The molecule has 0 saturated heterocycles. The van der Waals surface area contributed by atoms with Crippen LogP contribution in [0.3, 0.4) is 0 Å². The summed E-state index contributed by atoms with van der Waals surface area (Å²) < 4.78 is 4.78. The Hall–Kier alpha value is -1.61. The molecule has 0 aliphatic heterocycles. The standard InChI is InChI=1S/C15H20N2O/c1-15(2,3)13-6-4-12(5-7-13)10-16-11-14-8-9-18-17-14/h4-9,16H,10-11H2,1-3H3. The summed E-state index contributed by atoms with van der Waals surface area (Å²) in [5, 5.41) is 7.20. The van der Waals surface area contributed by atoms with E-state index in [1.54, 1.807) is 6.26 Å². The van der Waals surface area contributed by atoms with Crippen molar-refractivity contribution in [1.82, 2.24) is 10.5 Å². The molecule has 3 nitrogen and oxygen atoms in total. The zero-order chi connectivity index (χ0) is 13.0. The first-order valence-electron chi connectivity index (χ1n) is 6.25. The second-order valence-corrected chi connectivity index (χ2v) is 5.54. The summed E-state index contributed by atoms with van der Waals surface area (Å²) in [5.74, 6) is 0. The largest absolute Gasteiger partial charge is 0.364 e. The highest BCUT2D eigenvalue weighted by Gasteiger charge is 2.12. The summed E-state index contributed by atoms with van der Waals surface area (Å²) in [4.78, 5) is 0. The third-order valence-corrected chi connectivity index (χ3v) is 2.95. The van der Waals surface area contributed by atoms with Crippen LogP contribution in [-0.2, 0) is 18.5 Å². The highest BCUT2D eigenvalue weighted by Crippen LogP contribution is 2.22. The highest BCUT2D eigenvalue weighted by atomic mass is 16.5. The van der Waals surface area contributed by atoms with Gasteiger partial charge in [0.2, 0.25) is 0 Å². The summed E-state index contributed by atoms with van der Waals surface area (Å²) in [5.41, 5.74) is 3.79. The van der Waals surface area contributed by atoms with Crippen molar-refractivity contribution in [2.75, 3.05) is 0 Å². The number of hydrogen-bond donors (Lipinski definition) is 1. The van der Waals surface area contributed by atoms with Crippen LogP contribution in [0.5, 0.6) is 0 Å². The topological polar surface area (TPSA) is 38.1 Å². The van der Waals surface area contributed by atoms with Crippen LogP contribution < -0.4 is 5.32 Å². The van der Waals surface area contributed by atoms with Crippen molar-refractivity contribution in [2.24, 2.45) is 0 Å². The number of rotatable bonds is 4. The van der Waals surface area contributed by atoms with Crippen LogP contribution in [0, 0.1) is 0 Å². The molecule has 1 aromatic heterocycles. The van der Waals surface area contributed by atoms with Gasteiger partial charge in [-0.3, -0.25) is 0 Å². The van der Waals surface area contributed by atoms with E-state index in [1.165, 1.54) is 11.1 Å². The van der Waals surface area contributed by atoms with Gasteiger partial charge >= 0.3 is 0 Å². The molecule has 3 heteroatoms. The molecule has 0 amide bonds. The molecule has 0 aliphatic carbocycles. The molecule has 0 fully saturated rings. The van der Waals surface area contributed by atoms with Crippen molar-refractivity contribution in [3.8, 4) is 0 Å². The zero-order valence-electron chi connectivity index (χ0n) is 11.2. The van der Waals surface area contributed by atoms with Crippen LogP contribution in [0.1, 0.15) is 37.6 Å². The molecule has 2 rings (SSSR count). The molecule has 0 spiro atoms. The van der Waals surface area contributed by atoms with Crippen molar-refractivity contribution in [3.05, 3.63) is 53.4 Å². The Balaban J connectivity index is 1.87. The van der Waals surface area contributed by atoms with Crippen LogP contribution in [0.2, 0.25) is 0 Å². The van der Waals surface area contributed by atoms with Crippen molar-refractivity contribution in [2.45, 2.75) is 39.3 Å². The fraction of sp³-hybridized carbons (Fsp3) is 0.400. The summed E-state index contributed by atoms with van der Waals surface area (Å²) in [7, 11) is 0. The summed E-state index contributed by atoms with van der Waals surface area (Å²) in [6, 6.07) is 10.6. The molecule has 0 radical (unpaired) electrons.